The maximum atomic E-state index is 13.0. The average Bonchev–Trinajstić information content (AvgIpc) is 3.08. The highest BCUT2D eigenvalue weighted by Crippen LogP contribution is 2.23. The van der Waals surface area contributed by atoms with Crippen LogP contribution in [0.3, 0.4) is 0 Å². The van der Waals surface area contributed by atoms with Gasteiger partial charge in [-0.1, -0.05) is 25.5 Å². The predicted octanol–water partition coefficient (Wildman–Crippen LogP) is 2.86. The fourth-order valence-electron chi connectivity index (χ4n) is 4.04. The molecule has 0 bridgehead atoms. The summed E-state index contributed by atoms with van der Waals surface area (Å²) in [5.41, 5.74) is 2.02. The van der Waals surface area contributed by atoms with E-state index in [9.17, 15) is 13.2 Å². The molecule has 0 saturated carbocycles. The molecule has 0 unspecified atom stereocenters. The van der Waals surface area contributed by atoms with E-state index in [1.54, 1.807) is 9.21 Å². The summed E-state index contributed by atoms with van der Waals surface area (Å²) in [5.74, 6) is 1.03. The molecule has 1 aromatic carbocycles. The smallest absolute Gasteiger partial charge is 0.225 e. The van der Waals surface area contributed by atoms with Crippen molar-refractivity contribution in [1.29, 1.82) is 0 Å². The third-order valence-electron chi connectivity index (χ3n) is 5.76. The number of hydrogen-bond acceptors (Lipinski definition) is 4. The second-order valence-corrected chi connectivity index (χ2v) is 9.89. The van der Waals surface area contributed by atoms with Crippen molar-refractivity contribution in [3.8, 4) is 0 Å². The highest BCUT2D eigenvalue weighted by atomic mass is 32.2. The van der Waals surface area contributed by atoms with Gasteiger partial charge in [-0.05, 0) is 38.3 Å². The Kier molecular flexibility index (Phi) is 6.95. The van der Waals surface area contributed by atoms with Crippen molar-refractivity contribution in [3.05, 3.63) is 30.1 Å². The molecule has 1 aliphatic rings. The van der Waals surface area contributed by atoms with Gasteiger partial charge in [0.05, 0.1) is 23.3 Å². The van der Waals surface area contributed by atoms with Gasteiger partial charge in [0.1, 0.15) is 5.82 Å². The molecule has 1 saturated heterocycles. The number of fused-ring (bicyclic) bond motifs is 1. The fourth-order valence-corrected chi connectivity index (χ4v) is 5.72. The number of hydrogen-bond donors (Lipinski definition) is 0. The van der Waals surface area contributed by atoms with Crippen LogP contribution >= 0.6 is 0 Å². The Balaban J connectivity index is 1.62. The van der Waals surface area contributed by atoms with Gasteiger partial charge in [-0.3, -0.25) is 4.79 Å². The number of amides is 1. The molecule has 1 amide bonds. The van der Waals surface area contributed by atoms with Crippen molar-refractivity contribution in [2.24, 2.45) is 5.92 Å². The van der Waals surface area contributed by atoms with Gasteiger partial charge in [-0.2, -0.15) is 0 Å². The third kappa shape index (κ3) is 4.80. The summed E-state index contributed by atoms with van der Waals surface area (Å²) in [6.45, 7) is 6.19. The molecule has 0 atom stereocenters. The minimum absolute atomic E-state index is 0.0744. The molecule has 160 valence electrons. The Labute approximate surface area is 173 Å². The first kappa shape index (κ1) is 21.8. The summed E-state index contributed by atoms with van der Waals surface area (Å²) >= 11 is 0. The van der Waals surface area contributed by atoms with Gasteiger partial charge >= 0.3 is 0 Å². The van der Waals surface area contributed by atoms with Crippen LogP contribution in [0.15, 0.2) is 24.3 Å². The van der Waals surface area contributed by atoms with Crippen LogP contribution in [0.4, 0.5) is 0 Å². The molecule has 8 heteroatoms. The number of carbonyl (C=O) groups excluding carboxylic acids is 1. The number of nitrogens with zero attached hydrogens (tertiary/aromatic N) is 4. The molecule has 2 aromatic rings. The van der Waals surface area contributed by atoms with Gasteiger partial charge in [0.2, 0.25) is 15.9 Å². The highest BCUT2D eigenvalue weighted by molar-refractivity contribution is 7.89. The number of imidazole rings is 1. The molecule has 0 radical (unpaired) electrons. The van der Waals surface area contributed by atoms with Crippen LogP contribution in [0.25, 0.3) is 11.0 Å². The van der Waals surface area contributed by atoms with E-state index < -0.39 is 10.0 Å². The maximum Gasteiger partial charge on any atom is 0.225 e. The lowest BCUT2D eigenvalue weighted by Gasteiger charge is -2.32. The van der Waals surface area contributed by atoms with E-state index in [2.05, 4.69) is 11.5 Å². The van der Waals surface area contributed by atoms with Crippen molar-refractivity contribution in [2.45, 2.75) is 52.6 Å². The van der Waals surface area contributed by atoms with E-state index in [4.69, 9.17) is 4.98 Å². The Morgan fingerprint density at radius 2 is 1.90 bits per heavy atom. The molecule has 29 heavy (non-hydrogen) atoms. The van der Waals surface area contributed by atoms with Crippen LogP contribution in [0.1, 0.15) is 45.4 Å². The van der Waals surface area contributed by atoms with Crippen LogP contribution in [-0.4, -0.2) is 59.0 Å². The molecular formula is C21H32N4O3S. The second-order valence-electron chi connectivity index (χ2n) is 7.80. The van der Waals surface area contributed by atoms with E-state index in [1.165, 1.54) is 0 Å². The quantitative estimate of drug-likeness (QED) is 0.658. The number of carbonyl (C=O) groups is 1. The number of rotatable bonds is 8. The van der Waals surface area contributed by atoms with E-state index in [0.29, 0.717) is 38.9 Å². The van der Waals surface area contributed by atoms with E-state index in [-0.39, 0.29) is 17.6 Å². The van der Waals surface area contributed by atoms with Crippen LogP contribution in [0.5, 0.6) is 0 Å². The van der Waals surface area contributed by atoms with Crippen molar-refractivity contribution in [2.75, 3.05) is 25.9 Å². The predicted molar refractivity (Wildman–Crippen MR) is 115 cm³/mol. The van der Waals surface area contributed by atoms with E-state index in [0.717, 1.165) is 29.8 Å². The zero-order valence-corrected chi connectivity index (χ0v) is 18.5. The molecule has 1 aliphatic heterocycles. The normalized spacial score (nSPS) is 16.4. The number of para-hydroxylation sites is 2. The Bertz CT molecular complexity index is 946. The zero-order chi connectivity index (χ0) is 21.0. The van der Waals surface area contributed by atoms with Crippen LogP contribution in [-0.2, 0) is 27.9 Å². The van der Waals surface area contributed by atoms with Gasteiger partial charge in [-0.15, -0.1) is 0 Å². The van der Waals surface area contributed by atoms with Gasteiger partial charge in [0.15, 0.2) is 0 Å². The minimum atomic E-state index is -3.19. The number of aromatic nitrogens is 2. The van der Waals surface area contributed by atoms with Crippen LogP contribution < -0.4 is 0 Å². The topological polar surface area (TPSA) is 75.5 Å². The molecule has 3 rings (SSSR count). The summed E-state index contributed by atoms with van der Waals surface area (Å²) in [6, 6.07) is 8.00. The number of benzene rings is 1. The van der Waals surface area contributed by atoms with Crippen molar-refractivity contribution >= 4 is 27.0 Å². The van der Waals surface area contributed by atoms with Crippen molar-refractivity contribution in [3.63, 3.8) is 0 Å². The largest absolute Gasteiger partial charge is 0.338 e. The Morgan fingerprint density at radius 1 is 1.21 bits per heavy atom. The lowest BCUT2D eigenvalue weighted by molar-refractivity contribution is -0.136. The maximum absolute atomic E-state index is 13.0. The van der Waals surface area contributed by atoms with Gasteiger partial charge in [0.25, 0.3) is 0 Å². The number of unbranched alkanes of at least 4 members (excludes halogenated alkanes) is 1. The lowest BCUT2D eigenvalue weighted by atomic mass is 9.96. The fraction of sp³-hybridized carbons (Fsp3) is 0.619. The standard InChI is InChI=1S/C21H32N4O3S/c1-4-6-15-29(27,28)24-13-11-17(12-14-24)21(26)23(3)16-20-22-18-9-7-8-10-19(18)25(20)5-2/h7-10,17H,4-6,11-16H2,1-3H3. The van der Waals surface area contributed by atoms with E-state index >= 15 is 0 Å². The van der Waals surface area contributed by atoms with Crippen LogP contribution in [0.2, 0.25) is 0 Å². The summed E-state index contributed by atoms with van der Waals surface area (Å²) in [7, 11) is -1.38. The highest BCUT2D eigenvalue weighted by Gasteiger charge is 2.32. The first-order chi connectivity index (χ1) is 13.9. The SMILES string of the molecule is CCCCS(=O)(=O)N1CCC(C(=O)N(C)Cc2nc3ccccc3n2CC)CC1. The van der Waals surface area contributed by atoms with Crippen molar-refractivity contribution in [1.82, 2.24) is 18.8 Å². The molecule has 2 heterocycles. The molecule has 1 fully saturated rings. The Morgan fingerprint density at radius 3 is 2.55 bits per heavy atom. The number of sulfonamides is 1. The van der Waals surface area contributed by atoms with E-state index in [1.807, 2.05) is 38.2 Å². The minimum Gasteiger partial charge on any atom is -0.338 e. The molecular weight excluding hydrogens is 388 g/mol. The lowest BCUT2D eigenvalue weighted by Crippen LogP contribution is -2.44. The molecule has 0 aliphatic carbocycles. The van der Waals surface area contributed by atoms with Gasteiger partial charge in [0, 0.05) is 32.6 Å². The molecule has 0 spiro atoms. The zero-order valence-electron chi connectivity index (χ0n) is 17.7. The Hall–Kier alpha value is -1.93. The summed E-state index contributed by atoms with van der Waals surface area (Å²) in [6.07, 6.45) is 2.71. The van der Waals surface area contributed by atoms with Gasteiger partial charge < -0.3 is 9.47 Å². The van der Waals surface area contributed by atoms with Crippen LogP contribution in [0, 0.1) is 5.92 Å². The summed E-state index contributed by atoms with van der Waals surface area (Å²) < 4.78 is 28.4. The van der Waals surface area contributed by atoms with Crippen molar-refractivity contribution < 1.29 is 13.2 Å². The second kappa shape index (κ2) is 9.26. The first-order valence-corrected chi connectivity index (χ1v) is 12.1. The third-order valence-corrected chi connectivity index (χ3v) is 7.71. The molecule has 7 nitrogen and oxygen atoms in total. The summed E-state index contributed by atoms with van der Waals surface area (Å²) in [5, 5.41) is 0. The average molecular weight is 421 g/mol. The summed E-state index contributed by atoms with van der Waals surface area (Å²) in [4.78, 5) is 19.4. The van der Waals surface area contributed by atoms with Gasteiger partial charge in [-0.25, -0.2) is 17.7 Å². The molecule has 1 aromatic heterocycles. The monoisotopic (exact) mass is 420 g/mol. The number of piperidine rings is 1. The molecule has 0 N–H and O–H groups in total. The first-order valence-electron chi connectivity index (χ1n) is 10.5. The number of aryl methyl sites for hydroxylation is 1.